The van der Waals surface area contributed by atoms with Crippen molar-refractivity contribution in [2.45, 2.75) is 38.3 Å². The second-order valence-corrected chi connectivity index (χ2v) is 6.63. The van der Waals surface area contributed by atoms with E-state index in [2.05, 4.69) is 17.1 Å². The van der Waals surface area contributed by atoms with Crippen LogP contribution in [0.2, 0.25) is 0 Å². The predicted molar refractivity (Wildman–Crippen MR) is 84.2 cm³/mol. The highest BCUT2D eigenvalue weighted by Crippen LogP contribution is 2.34. The maximum absolute atomic E-state index is 6.26. The van der Waals surface area contributed by atoms with Crippen LogP contribution < -0.4 is 5.73 Å². The third-order valence-corrected chi connectivity index (χ3v) is 4.99. The molecule has 5 heteroatoms. The summed E-state index contributed by atoms with van der Waals surface area (Å²) in [6.07, 6.45) is 3.75. The minimum absolute atomic E-state index is 0.171. The fourth-order valence-corrected chi connectivity index (χ4v) is 3.72. The highest BCUT2D eigenvalue weighted by Gasteiger charge is 2.30. The van der Waals surface area contributed by atoms with Crippen LogP contribution in [0.25, 0.3) is 0 Å². The minimum atomic E-state index is -0.171. The number of rotatable bonds is 6. The van der Waals surface area contributed by atoms with Gasteiger partial charge in [0, 0.05) is 13.0 Å². The van der Waals surface area contributed by atoms with E-state index in [9.17, 15) is 0 Å². The van der Waals surface area contributed by atoms with Gasteiger partial charge < -0.3 is 10.5 Å². The third kappa shape index (κ3) is 3.48. The van der Waals surface area contributed by atoms with E-state index < -0.39 is 0 Å². The summed E-state index contributed by atoms with van der Waals surface area (Å²) in [5.41, 5.74) is 7.34. The summed E-state index contributed by atoms with van der Waals surface area (Å²) in [6, 6.07) is 9.88. The molecule has 1 saturated carbocycles. The zero-order valence-corrected chi connectivity index (χ0v) is 13.1. The zero-order valence-electron chi connectivity index (χ0n) is 12.2. The van der Waals surface area contributed by atoms with Crippen LogP contribution in [0.3, 0.4) is 0 Å². The molecule has 0 aliphatic heterocycles. The fraction of sp³-hybridized carbons (Fsp3) is 0.500. The summed E-state index contributed by atoms with van der Waals surface area (Å²) in [5, 5.41) is 10.6. The number of benzene rings is 1. The highest BCUT2D eigenvalue weighted by molar-refractivity contribution is 7.11. The molecule has 0 saturated heterocycles. The molecule has 112 valence electrons. The average molecular weight is 303 g/mol. The first-order valence-corrected chi connectivity index (χ1v) is 8.32. The first-order valence-electron chi connectivity index (χ1n) is 7.50. The van der Waals surface area contributed by atoms with Crippen LogP contribution >= 0.6 is 11.3 Å². The topological polar surface area (TPSA) is 61.0 Å². The molecule has 0 radical (unpaired) electrons. The van der Waals surface area contributed by atoms with Gasteiger partial charge in [-0.25, -0.2) is 0 Å². The van der Waals surface area contributed by atoms with E-state index in [-0.39, 0.29) is 6.04 Å². The number of nitrogens with zero attached hydrogens (tertiary/aromatic N) is 2. The van der Waals surface area contributed by atoms with Crippen LogP contribution in [0, 0.1) is 5.92 Å². The lowest BCUT2D eigenvalue weighted by Crippen LogP contribution is -2.32. The number of hydrogen-bond donors (Lipinski definition) is 1. The molecule has 1 unspecified atom stereocenters. The average Bonchev–Trinajstić information content (AvgIpc) is 2.94. The van der Waals surface area contributed by atoms with Crippen molar-refractivity contribution in [1.29, 1.82) is 0 Å². The van der Waals surface area contributed by atoms with Crippen molar-refractivity contribution in [3.63, 3.8) is 0 Å². The van der Waals surface area contributed by atoms with Gasteiger partial charge in [0.05, 0.1) is 12.1 Å². The largest absolute Gasteiger partial charge is 0.378 e. The van der Waals surface area contributed by atoms with E-state index in [0.29, 0.717) is 12.0 Å². The van der Waals surface area contributed by atoms with E-state index in [1.54, 1.807) is 11.3 Å². The van der Waals surface area contributed by atoms with Crippen LogP contribution in [0.5, 0.6) is 0 Å². The molecule has 1 heterocycles. The van der Waals surface area contributed by atoms with Crippen molar-refractivity contribution in [1.82, 2.24) is 10.2 Å². The molecule has 1 aromatic carbocycles. The Morgan fingerprint density at radius 2 is 2.05 bits per heavy atom. The molecule has 0 amide bonds. The molecule has 2 N–H and O–H groups in total. The molecule has 4 nitrogen and oxygen atoms in total. The van der Waals surface area contributed by atoms with Gasteiger partial charge in [-0.1, -0.05) is 41.7 Å². The number of aromatic nitrogens is 2. The van der Waals surface area contributed by atoms with Crippen LogP contribution in [0.4, 0.5) is 0 Å². The number of nitrogens with two attached hydrogens (primary N) is 1. The Labute approximate surface area is 129 Å². The van der Waals surface area contributed by atoms with E-state index in [1.165, 1.54) is 0 Å². The van der Waals surface area contributed by atoms with Crippen molar-refractivity contribution < 1.29 is 4.74 Å². The molecule has 1 atom stereocenters. The summed E-state index contributed by atoms with van der Waals surface area (Å²) >= 11 is 1.64. The fourth-order valence-electron chi connectivity index (χ4n) is 2.74. The van der Waals surface area contributed by atoms with Gasteiger partial charge in [-0.2, -0.15) is 0 Å². The summed E-state index contributed by atoms with van der Waals surface area (Å²) in [4.78, 5) is 0. The van der Waals surface area contributed by atoms with E-state index in [0.717, 1.165) is 41.4 Å². The lowest BCUT2D eigenvalue weighted by Gasteiger charge is -2.34. The van der Waals surface area contributed by atoms with Gasteiger partial charge in [0.2, 0.25) is 0 Å². The van der Waals surface area contributed by atoms with Crippen LogP contribution in [0.15, 0.2) is 30.3 Å². The summed E-state index contributed by atoms with van der Waals surface area (Å²) < 4.78 is 5.59. The molecular weight excluding hydrogens is 282 g/mol. The quantitative estimate of drug-likeness (QED) is 0.891. The molecule has 3 rings (SSSR count). The molecule has 1 aromatic heterocycles. The molecule has 1 fully saturated rings. The van der Waals surface area contributed by atoms with Crippen LogP contribution in [0.1, 0.15) is 41.4 Å². The number of ether oxygens (including phenoxy) is 1. The Hall–Kier alpha value is -1.30. The smallest absolute Gasteiger partial charge is 0.138 e. The molecule has 1 aliphatic rings. The van der Waals surface area contributed by atoms with Crippen LogP contribution in [-0.2, 0) is 11.2 Å². The molecule has 2 aromatic rings. The first kappa shape index (κ1) is 14.6. The maximum Gasteiger partial charge on any atom is 0.138 e. The van der Waals surface area contributed by atoms with E-state index in [1.807, 2.05) is 30.3 Å². The Morgan fingerprint density at radius 1 is 1.29 bits per heavy atom. The van der Waals surface area contributed by atoms with Gasteiger partial charge in [0.1, 0.15) is 10.0 Å². The normalized spacial score (nSPS) is 22.8. The Balaban J connectivity index is 1.57. The third-order valence-electron chi connectivity index (χ3n) is 3.97. The van der Waals surface area contributed by atoms with Gasteiger partial charge in [0.15, 0.2) is 0 Å². The second kappa shape index (κ2) is 6.64. The van der Waals surface area contributed by atoms with Crippen LogP contribution in [-0.4, -0.2) is 22.9 Å². The van der Waals surface area contributed by atoms with Gasteiger partial charge in [-0.3, -0.25) is 0 Å². The molecule has 0 spiro atoms. The predicted octanol–water partition coefficient (Wildman–Crippen LogP) is 2.94. The van der Waals surface area contributed by atoms with Gasteiger partial charge >= 0.3 is 0 Å². The second-order valence-electron chi connectivity index (χ2n) is 5.54. The van der Waals surface area contributed by atoms with Crippen molar-refractivity contribution in [2.75, 3.05) is 6.61 Å². The van der Waals surface area contributed by atoms with Gasteiger partial charge in [-0.05, 0) is 31.2 Å². The molecular formula is C16H21N3OS. The highest BCUT2D eigenvalue weighted by atomic mass is 32.1. The lowest BCUT2D eigenvalue weighted by atomic mass is 9.80. The van der Waals surface area contributed by atoms with Gasteiger partial charge in [0.25, 0.3) is 0 Å². The van der Waals surface area contributed by atoms with E-state index >= 15 is 0 Å². The summed E-state index contributed by atoms with van der Waals surface area (Å²) in [7, 11) is 0. The molecule has 1 aliphatic carbocycles. The zero-order chi connectivity index (χ0) is 14.7. The summed E-state index contributed by atoms with van der Waals surface area (Å²) in [6.45, 7) is 2.86. The van der Waals surface area contributed by atoms with Gasteiger partial charge in [-0.15, -0.1) is 10.2 Å². The Kier molecular flexibility index (Phi) is 4.63. The standard InChI is InChI=1S/C16H21N3OS/c1-2-20-13-8-11(9-13)10-14-18-19-16(21-14)15(17)12-6-4-3-5-7-12/h3-7,11,13,15H,2,8-10,17H2,1H3. The molecule has 0 bridgehead atoms. The first-order chi connectivity index (χ1) is 10.3. The summed E-state index contributed by atoms with van der Waals surface area (Å²) in [5.74, 6) is 0.690. The van der Waals surface area contributed by atoms with Crippen molar-refractivity contribution in [3.8, 4) is 0 Å². The monoisotopic (exact) mass is 303 g/mol. The SMILES string of the molecule is CCOC1CC(Cc2nnc(C(N)c3ccccc3)s2)C1. The maximum atomic E-state index is 6.26. The molecule has 21 heavy (non-hydrogen) atoms. The Bertz CT molecular complexity index is 566. The van der Waals surface area contributed by atoms with Crippen molar-refractivity contribution >= 4 is 11.3 Å². The lowest BCUT2D eigenvalue weighted by molar-refractivity contribution is -0.0240. The minimum Gasteiger partial charge on any atom is -0.378 e. The van der Waals surface area contributed by atoms with E-state index in [4.69, 9.17) is 10.5 Å². The Morgan fingerprint density at radius 3 is 2.76 bits per heavy atom. The van der Waals surface area contributed by atoms with Crippen molar-refractivity contribution in [3.05, 3.63) is 45.9 Å². The number of hydrogen-bond acceptors (Lipinski definition) is 5. The van der Waals surface area contributed by atoms with Crippen molar-refractivity contribution in [2.24, 2.45) is 11.7 Å².